The van der Waals surface area contributed by atoms with Crippen molar-refractivity contribution in [2.75, 3.05) is 96.4 Å². The lowest BCUT2D eigenvalue weighted by molar-refractivity contribution is -0.190. The minimum absolute atomic E-state index is 0.307. The summed E-state index contributed by atoms with van der Waals surface area (Å²) in [6.45, 7) is 2.71. The molecule has 0 fully saturated rings. The van der Waals surface area contributed by atoms with Crippen molar-refractivity contribution in [3.8, 4) is 0 Å². The highest BCUT2D eigenvalue weighted by Crippen LogP contribution is 2.14. The maximum atomic E-state index is 5.62. The Morgan fingerprint density at radius 3 is 0.786 bits per heavy atom. The largest absolute Gasteiger partial charge is 0.381 e. The standard InChI is InChI=1S/C18H40N2O8/c1-21-11-15(25-5)19(16(26-6)12-22-2)9-10-20(17(27-7)13-23-3)18(28-8)14-24-4/h15-18H,9-14H2,1-8H3. The molecule has 28 heavy (non-hydrogen) atoms. The van der Waals surface area contributed by atoms with Gasteiger partial charge >= 0.3 is 0 Å². The minimum Gasteiger partial charge on any atom is -0.381 e. The van der Waals surface area contributed by atoms with Crippen LogP contribution in [0.15, 0.2) is 0 Å². The molecule has 0 bridgehead atoms. The van der Waals surface area contributed by atoms with Crippen LogP contribution in [-0.4, -0.2) is 131 Å². The first-order valence-corrected chi connectivity index (χ1v) is 9.16. The van der Waals surface area contributed by atoms with Gasteiger partial charge in [0.2, 0.25) is 0 Å². The summed E-state index contributed by atoms with van der Waals surface area (Å²) in [5.74, 6) is 0. The van der Waals surface area contributed by atoms with Crippen LogP contribution in [0.2, 0.25) is 0 Å². The molecule has 4 unspecified atom stereocenters. The molecule has 0 rings (SSSR count). The van der Waals surface area contributed by atoms with Crippen molar-refractivity contribution < 1.29 is 37.9 Å². The van der Waals surface area contributed by atoms with Gasteiger partial charge < -0.3 is 37.9 Å². The first-order valence-electron chi connectivity index (χ1n) is 9.16. The highest BCUT2D eigenvalue weighted by Gasteiger charge is 2.31. The predicted octanol–water partition coefficient (Wildman–Crippen LogP) is 0.0660. The van der Waals surface area contributed by atoms with E-state index in [1.54, 1.807) is 56.9 Å². The fourth-order valence-corrected chi connectivity index (χ4v) is 2.94. The molecule has 0 N–H and O–H groups in total. The normalized spacial score (nSPS) is 16.5. The molecule has 0 aliphatic carbocycles. The van der Waals surface area contributed by atoms with Crippen LogP contribution < -0.4 is 0 Å². The van der Waals surface area contributed by atoms with Gasteiger partial charge in [0.1, 0.15) is 24.9 Å². The van der Waals surface area contributed by atoms with Gasteiger partial charge in [0.05, 0.1) is 26.4 Å². The fraction of sp³-hybridized carbons (Fsp3) is 1.00. The van der Waals surface area contributed by atoms with E-state index < -0.39 is 0 Å². The number of methoxy groups -OCH3 is 8. The highest BCUT2D eigenvalue weighted by atomic mass is 16.6. The lowest BCUT2D eigenvalue weighted by atomic mass is 10.3. The maximum Gasteiger partial charge on any atom is 0.135 e. The van der Waals surface area contributed by atoms with E-state index in [1.807, 2.05) is 9.80 Å². The second kappa shape index (κ2) is 17.5. The zero-order valence-electron chi connectivity index (χ0n) is 18.7. The molecule has 0 aromatic rings. The van der Waals surface area contributed by atoms with Gasteiger partial charge in [-0.2, -0.15) is 0 Å². The van der Waals surface area contributed by atoms with E-state index in [0.29, 0.717) is 39.5 Å². The average molecular weight is 413 g/mol. The number of hydrogen-bond acceptors (Lipinski definition) is 10. The van der Waals surface area contributed by atoms with Crippen molar-refractivity contribution in [1.82, 2.24) is 9.80 Å². The van der Waals surface area contributed by atoms with Crippen LogP contribution in [0.5, 0.6) is 0 Å². The Balaban J connectivity index is 5.49. The van der Waals surface area contributed by atoms with Crippen LogP contribution in [0.25, 0.3) is 0 Å². The third kappa shape index (κ3) is 9.40. The van der Waals surface area contributed by atoms with Crippen molar-refractivity contribution in [2.45, 2.75) is 24.9 Å². The molecule has 0 saturated carbocycles. The van der Waals surface area contributed by atoms with Gasteiger partial charge in [-0.1, -0.05) is 0 Å². The number of nitrogens with zero attached hydrogens (tertiary/aromatic N) is 2. The molecule has 4 atom stereocenters. The Bertz CT molecular complexity index is 294. The lowest BCUT2D eigenvalue weighted by Crippen LogP contribution is -2.56. The van der Waals surface area contributed by atoms with Crippen LogP contribution >= 0.6 is 0 Å². The molecule has 0 amide bonds. The SMILES string of the molecule is COCC(OC)N(CCN(C(COC)OC)C(COC)OC)C(COC)OC. The minimum atomic E-state index is -0.307. The molecular weight excluding hydrogens is 372 g/mol. The summed E-state index contributed by atoms with van der Waals surface area (Å²) >= 11 is 0. The second-order valence-electron chi connectivity index (χ2n) is 6.06. The second-order valence-corrected chi connectivity index (χ2v) is 6.06. The van der Waals surface area contributed by atoms with Crippen molar-refractivity contribution >= 4 is 0 Å². The first kappa shape index (κ1) is 27.6. The number of ether oxygens (including phenoxy) is 8. The molecule has 0 aromatic carbocycles. The van der Waals surface area contributed by atoms with Crippen LogP contribution in [0.1, 0.15) is 0 Å². The van der Waals surface area contributed by atoms with E-state index in [0.717, 1.165) is 0 Å². The van der Waals surface area contributed by atoms with E-state index in [9.17, 15) is 0 Å². The molecule has 0 aliphatic heterocycles. The Morgan fingerprint density at radius 2 is 0.643 bits per heavy atom. The molecule has 0 saturated heterocycles. The van der Waals surface area contributed by atoms with E-state index in [-0.39, 0.29) is 24.9 Å². The van der Waals surface area contributed by atoms with Crippen LogP contribution in [0.4, 0.5) is 0 Å². The molecule has 0 radical (unpaired) electrons. The zero-order valence-corrected chi connectivity index (χ0v) is 18.7. The molecular formula is C18H40N2O8. The lowest BCUT2D eigenvalue weighted by Gasteiger charge is -2.40. The highest BCUT2D eigenvalue weighted by molar-refractivity contribution is 4.74. The average Bonchev–Trinajstić information content (AvgIpc) is 2.71. The number of hydrogen-bond donors (Lipinski definition) is 0. The van der Waals surface area contributed by atoms with Crippen molar-refractivity contribution in [3.05, 3.63) is 0 Å². The molecule has 0 aliphatic rings. The Morgan fingerprint density at radius 1 is 0.429 bits per heavy atom. The van der Waals surface area contributed by atoms with Crippen molar-refractivity contribution in [3.63, 3.8) is 0 Å². The summed E-state index contributed by atoms with van der Waals surface area (Å²) in [4.78, 5) is 4.08. The number of rotatable bonds is 19. The summed E-state index contributed by atoms with van der Waals surface area (Å²) in [7, 11) is 13.1. The molecule has 10 heteroatoms. The van der Waals surface area contributed by atoms with E-state index in [4.69, 9.17) is 37.9 Å². The van der Waals surface area contributed by atoms with Crippen LogP contribution in [0, 0.1) is 0 Å². The third-order valence-corrected chi connectivity index (χ3v) is 4.42. The van der Waals surface area contributed by atoms with Gasteiger partial charge in [-0.25, -0.2) is 9.80 Å². The molecule has 0 aromatic heterocycles. The summed E-state index contributed by atoms with van der Waals surface area (Å²) in [5, 5.41) is 0. The first-order chi connectivity index (χ1) is 13.6. The van der Waals surface area contributed by atoms with E-state index in [1.165, 1.54) is 0 Å². The maximum absolute atomic E-state index is 5.62. The smallest absolute Gasteiger partial charge is 0.135 e. The summed E-state index contributed by atoms with van der Waals surface area (Å²) in [5.41, 5.74) is 0. The van der Waals surface area contributed by atoms with E-state index >= 15 is 0 Å². The molecule has 170 valence electrons. The topological polar surface area (TPSA) is 80.3 Å². The predicted molar refractivity (Wildman–Crippen MR) is 104 cm³/mol. The van der Waals surface area contributed by atoms with Crippen LogP contribution in [0.3, 0.4) is 0 Å². The quantitative estimate of drug-likeness (QED) is 0.272. The van der Waals surface area contributed by atoms with Crippen molar-refractivity contribution in [1.29, 1.82) is 0 Å². The molecule has 10 nitrogen and oxygen atoms in total. The van der Waals surface area contributed by atoms with Gasteiger partial charge in [-0.05, 0) is 0 Å². The molecule has 0 spiro atoms. The Labute approximate surface area is 169 Å². The van der Waals surface area contributed by atoms with Crippen LogP contribution in [-0.2, 0) is 37.9 Å². The van der Waals surface area contributed by atoms with E-state index in [2.05, 4.69) is 0 Å². The Kier molecular flexibility index (Phi) is 17.2. The summed E-state index contributed by atoms with van der Waals surface area (Å²) < 4.78 is 43.7. The zero-order chi connectivity index (χ0) is 21.4. The van der Waals surface area contributed by atoms with Crippen molar-refractivity contribution in [2.24, 2.45) is 0 Å². The Hall–Kier alpha value is -0.400. The van der Waals surface area contributed by atoms with Gasteiger partial charge in [0.25, 0.3) is 0 Å². The summed E-state index contributed by atoms with van der Waals surface area (Å²) in [6, 6.07) is 0. The van der Waals surface area contributed by atoms with Gasteiger partial charge in [-0.3, -0.25) is 0 Å². The van der Waals surface area contributed by atoms with Gasteiger partial charge in [0.15, 0.2) is 0 Å². The molecule has 0 heterocycles. The monoisotopic (exact) mass is 412 g/mol. The van der Waals surface area contributed by atoms with Gasteiger partial charge in [0, 0.05) is 70.0 Å². The van der Waals surface area contributed by atoms with Gasteiger partial charge in [-0.15, -0.1) is 0 Å². The fourth-order valence-electron chi connectivity index (χ4n) is 2.94. The third-order valence-electron chi connectivity index (χ3n) is 4.42. The summed E-state index contributed by atoms with van der Waals surface area (Å²) in [6.07, 6.45) is -1.23.